The highest BCUT2D eigenvalue weighted by Gasteiger charge is 2.35. The number of nitro groups is 1. The third-order valence-corrected chi connectivity index (χ3v) is 6.75. The first-order valence-electron chi connectivity index (χ1n) is 9.11. The number of nitro benzene ring substituents is 1. The first-order chi connectivity index (χ1) is 15.1. The van der Waals surface area contributed by atoms with Crippen LogP contribution < -0.4 is 5.69 Å². The largest absolute Gasteiger partial charge is 0.328 e. The number of aromatic nitrogens is 2. The number of carbonyl (C=O) groups excluding carboxylic acids is 2. The quantitative estimate of drug-likeness (QED) is 0.304. The zero-order chi connectivity index (χ0) is 23.3. The summed E-state index contributed by atoms with van der Waals surface area (Å²) in [6.45, 7) is -0.0206. The standard InChI is InChI=1S/C20H14Cl2N4O5S/c1-23-15-6-11(14(26(30)31)8-16(15)24(2)19(23)28)7-17-18(27)25(20(29)32-17)9-10-3-4-12(21)13(22)5-10/h3-8H,9H2,1-2H3/b17-7-. The average Bonchev–Trinajstić information content (AvgIpc) is 3.12. The zero-order valence-corrected chi connectivity index (χ0v) is 19.0. The van der Waals surface area contributed by atoms with Crippen LogP contribution in [0.1, 0.15) is 11.1 Å². The lowest BCUT2D eigenvalue weighted by molar-refractivity contribution is -0.385. The van der Waals surface area contributed by atoms with E-state index in [-0.39, 0.29) is 28.4 Å². The summed E-state index contributed by atoms with van der Waals surface area (Å²) in [6.07, 6.45) is 1.30. The van der Waals surface area contributed by atoms with Gasteiger partial charge < -0.3 is 0 Å². The number of imidazole rings is 1. The van der Waals surface area contributed by atoms with E-state index in [1.165, 1.54) is 34.4 Å². The van der Waals surface area contributed by atoms with Gasteiger partial charge in [-0.3, -0.25) is 33.7 Å². The van der Waals surface area contributed by atoms with Crippen LogP contribution in [-0.4, -0.2) is 30.1 Å². The monoisotopic (exact) mass is 492 g/mol. The molecule has 2 aromatic carbocycles. The van der Waals surface area contributed by atoms with Gasteiger partial charge in [0.25, 0.3) is 16.8 Å². The van der Waals surface area contributed by atoms with Crippen molar-refractivity contribution in [2.75, 3.05) is 0 Å². The van der Waals surface area contributed by atoms with Crippen LogP contribution >= 0.6 is 35.0 Å². The maximum atomic E-state index is 12.9. The van der Waals surface area contributed by atoms with Gasteiger partial charge in [0.05, 0.1) is 43.0 Å². The fourth-order valence-corrected chi connectivity index (χ4v) is 4.57. The number of carbonyl (C=O) groups is 2. The van der Waals surface area contributed by atoms with Gasteiger partial charge in [-0.05, 0) is 41.6 Å². The topological polar surface area (TPSA) is 107 Å². The molecule has 9 nitrogen and oxygen atoms in total. The van der Waals surface area contributed by atoms with Gasteiger partial charge in [-0.25, -0.2) is 4.79 Å². The fraction of sp³-hybridized carbons (Fsp3) is 0.150. The Bertz CT molecular complexity index is 1430. The van der Waals surface area contributed by atoms with E-state index in [1.54, 1.807) is 25.2 Å². The summed E-state index contributed by atoms with van der Waals surface area (Å²) in [6, 6.07) is 7.52. The zero-order valence-electron chi connectivity index (χ0n) is 16.7. The smallest absolute Gasteiger partial charge is 0.295 e. The lowest BCUT2D eigenvalue weighted by Crippen LogP contribution is -2.27. The second-order valence-corrected chi connectivity index (χ2v) is 8.88. The molecule has 3 aromatic rings. The van der Waals surface area contributed by atoms with E-state index in [2.05, 4.69) is 0 Å². The third kappa shape index (κ3) is 3.70. The highest BCUT2D eigenvalue weighted by atomic mass is 35.5. The van der Waals surface area contributed by atoms with Gasteiger partial charge in [0, 0.05) is 20.2 Å². The molecule has 12 heteroatoms. The lowest BCUT2D eigenvalue weighted by atomic mass is 10.1. The van der Waals surface area contributed by atoms with Gasteiger partial charge in [-0.1, -0.05) is 29.3 Å². The van der Waals surface area contributed by atoms with Crippen molar-refractivity contribution in [3.63, 3.8) is 0 Å². The van der Waals surface area contributed by atoms with Crippen molar-refractivity contribution in [3.05, 3.63) is 77.0 Å². The van der Waals surface area contributed by atoms with Crippen molar-refractivity contribution >= 4 is 68.9 Å². The number of rotatable bonds is 4. The number of benzene rings is 2. The molecule has 1 aliphatic heterocycles. The van der Waals surface area contributed by atoms with Gasteiger partial charge in [0.2, 0.25) is 0 Å². The van der Waals surface area contributed by atoms with Crippen LogP contribution in [-0.2, 0) is 25.4 Å². The fourth-order valence-electron chi connectivity index (χ4n) is 3.42. The number of hydrogen-bond donors (Lipinski definition) is 0. The summed E-state index contributed by atoms with van der Waals surface area (Å²) in [5.74, 6) is -0.581. The maximum absolute atomic E-state index is 12.9. The van der Waals surface area contributed by atoms with Crippen molar-refractivity contribution in [1.29, 1.82) is 0 Å². The number of fused-ring (bicyclic) bond motifs is 1. The van der Waals surface area contributed by atoms with Gasteiger partial charge in [0.1, 0.15) is 0 Å². The molecule has 0 unspecified atom stereocenters. The molecule has 0 radical (unpaired) electrons. The molecule has 164 valence electrons. The normalized spacial score (nSPS) is 15.4. The highest BCUT2D eigenvalue weighted by molar-refractivity contribution is 8.18. The molecule has 0 N–H and O–H groups in total. The Hall–Kier alpha value is -3.08. The molecule has 0 spiro atoms. The summed E-state index contributed by atoms with van der Waals surface area (Å²) in [5, 5.41) is 11.8. The Balaban J connectivity index is 1.74. The predicted molar refractivity (Wildman–Crippen MR) is 123 cm³/mol. The van der Waals surface area contributed by atoms with E-state index >= 15 is 0 Å². The molecular weight excluding hydrogens is 479 g/mol. The molecule has 1 saturated heterocycles. The van der Waals surface area contributed by atoms with Crippen molar-refractivity contribution in [1.82, 2.24) is 14.0 Å². The SMILES string of the molecule is Cn1c(=O)n(C)c2cc([N+](=O)[O-])c(/C=C3\SC(=O)N(Cc4ccc(Cl)c(Cl)c4)C3=O)cc21. The van der Waals surface area contributed by atoms with Crippen molar-refractivity contribution in [2.45, 2.75) is 6.54 Å². The number of amides is 2. The molecule has 0 atom stereocenters. The second-order valence-electron chi connectivity index (χ2n) is 7.07. The van der Waals surface area contributed by atoms with E-state index in [4.69, 9.17) is 23.2 Å². The number of hydrogen-bond acceptors (Lipinski definition) is 6. The minimum atomic E-state index is -0.595. The maximum Gasteiger partial charge on any atom is 0.328 e. The first kappa shape index (κ1) is 22.1. The molecular formula is C20H14Cl2N4O5S. The number of halogens is 2. The summed E-state index contributed by atoms with van der Waals surface area (Å²) in [7, 11) is 3.06. The highest BCUT2D eigenvalue weighted by Crippen LogP contribution is 2.36. The van der Waals surface area contributed by atoms with E-state index in [9.17, 15) is 24.5 Å². The Morgan fingerprint density at radius 2 is 1.69 bits per heavy atom. The summed E-state index contributed by atoms with van der Waals surface area (Å²) in [4.78, 5) is 49.6. The molecule has 1 fully saturated rings. The minimum absolute atomic E-state index is 0.0206. The van der Waals surface area contributed by atoms with E-state index in [0.29, 0.717) is 38.4 Å². The number of aryl methyl sites for hydroxylation is 2. The van der Waals surface area contributed by atoms with E-state index < -0.39 is 16.1 Å². The van der Waals surface area contributed by atoms with Crippen LogP contribution in [0, 0.1) is 10.1 Å². The Labute approximate surface area is 195 Å². The van der Waals surface area contributed by atoms with E-state index in [0.717, 1.165) is 4.90 Å². The van der Waals surface area contributed by atoms with Crippen molar-refractivity contribution < 1.29 is 14.5 Å². The van der Waals surface area contributed by atoms with Crippen LogP contribution in [0.3, 0.4) is 0 Å². The number of nitrogens with zero attached hydrogens (tertiary/aromatic N) is 4. The molecule has 2 amide bonds. The molecule has 0 saturated carbocycles. The van der Waals surface area contributed by atoms with Crippen molar-refractivity contribution in [2.24, 2.45) is 14.1 Å². The molecule has 1 aliphatic rings. The van der Waals surface area contributed by atoms with E-state index in [1.807, 2.05) is 0 Å². The second kappa shape index (κ2) is 8.12. The Morgan fingerprint density at radius 1 is 1.03 bits per heavy atom. The molecule has 32 heavy (non-hydrogen) atoms. The van der Waals surface area contributed by atoms with Crippen LogP contribution in [0.15, 0.2) is 40.0 Å². The minimum Gasteiger partial charge on any atom is -0.295 e. The van der Waals surface area contributed by atoms with Crippen LogP contribution in [0.2, 0.25) is 10.0 Å². The molecule has 2 heterocycles. The molecule has 4 rings (SSSR count). The number of thioether (sulfide) groups is 1. The molecule has 0 aliphatic carbocycles. The summed E-state index contributed by atoms with van der Waals surface area (Å²) < 4.78 is 2.66. The van der Waals surface area contributed by atoms with Gasteiger partial charge in [0.15, 0.2) is 0 Å². The predicted octanol–water partition coefficient (Wildman–Crippen LogP) is 4.33. The van der Waals surface area contributed by atoms with Gasteiger partial charge in [-0.2, -0.15) is 0 Å². The van der Waals surface area contributed by atoms with Gasteiger partial charge in [-0.15, -0.1) is 0 Å². The van der Waals surface area contributed by atoms with Crippen LogP contribution in [0.5, 0.6) is 0 Å². The average molecular weight is 493 g/mol. The van der Waals surface area contributed by atoms with Crippen LogP contribution in [0.4, 0.5) is 10.5 Å². The summed E-state index contributed by atoms with van der Waals surface area (Å²) in [5.41, 5.74) is 0.945. The lowest BCUT2D eigenvalue weighted by Gasteiger charge is -2.12. The first-order valence-corrected chi connectivity index (χ1v) is 10.7. The molecule has 0 bridgehead atoms. The Morgan fingerprint density at radius 3 is 2.31 bits per heavy atom. The van der Waals surface area contributed by atoms with Crippen LogP contribution in [0.25, 0.3) is 17.1 Å². The Kier molecular flexibility index (Phi) is 5.61. The molecule has 1 aromatic heterocycles. The van der Waals surface area contributed by atoms with Crippen molar-refractivity contribution in [3.8, 4) is 0 Å². The third-order valence-electron chi connectivity index (χ3n) is 5.10. The summed E-state index contributed by atoms with van der Waals surface area (Å²) >= 11 is 12.6. The van der Waals surface area contributed by atoms with Gasteiger partial charge >= 0.3 is 5.69 Å². The number of imide groups is 1.